The van der Waals surface area contributed by atoms with Crippen molar-refractivity contribution in [2.75, 3.05) is 6.54 Å². The van der Waals surface area contributed by atoms with Crippen molar-refractivity contribution in [1.29, 1.82) is 0 Å². The molecular formula is C14H26ClN3O2. The molecule has 20 heavy (non-hydrogen) atoms. The third-order valence-corrected chi connectivity index (χ3v) is 3.94. The van der Waals surface area contributed by atoms with Gasteiger partial charge in [0.2, 0.25) is 11.8 Å². The molecule has 2 fully saturated rings. The summed E-state index contributed by atoms with van der Waals surface area (Å²) < 4.78 is 0. The first kappa shape index (κ1) is 17.2. The Balaban J connectivity index is 0.00000200. The molecule has 2 heterocycles. The molecule has 2 bridgehead atoms. The predicted octanol–water partition coefficient (Wildman–Crippen LogP) is 0.970. The zero-order valence-corrected chi connectivity index (χ0v) is 13.1. The third-order valence-electron chi connectivity index (χ3n) is 3.94. The van der Waals surface area contributed by atoms with E-state index in [1.165, 1.54) is 12.8 Å². The molecule has 2 saturated heterocycles. The second-order valence-corrected chi connectivity index (χ2v) is 6.18. The molecule has 2 aliphatic heterocycles. The Hall–Kier alpha value is -0.810. The Bertz CT molecular complexity index is 337. The molecule has 2 atom stereocenters. The lowest BCUT2D eigenvalue weighted by Gasteiger charge is -2.28. The van der Waals surface area contributed by atoms with E-state index in [1.54, 1.807) is 0 Å². The van der Waals surface area contributed by atoms with Gasteiger partial charge in [0.15, 0.2) is 0 Å². The van der Waals surface area contributed by atoms with Crippen LogP contribution in [0, 0.1) is 5.92 Å². The number of carbonyl (C=O) groups excluding carboxylic acids is 2. The van der Waals surface area contributed by atoms with E-state index in [4.69, 9.17) is 0 Å². The second-order valence-electron chi connectivity index (χ2n) is 6.18. The van der Waals surface area contributed by atoms with Crippen LogP contribution in [0.5, 0.6) is 0 Å². The average Bonchev–Trinajstić information content (AvgIpc) is 2.65. The molecule has 2 unspecified atom stereocenters. The minimum Gasteiger partial charge on any atom is -0.352 e. The molecule has 2 amide bonds. The Morgan fingerprint density at radius 2 is 1.75 bits per heavy atom. The Kier molecular flexibility index (Phi) is 6.76. The summed E-state index contributed by atoms with van der Waals surface area (Å²) in [5.41, 5.74) is 0. The molecule has 6 heteroatoms. The SMILES string of the molecule is CC(C)NC(=O)CNC(=O)CC1CC2CCC(C1)N2.Cl. The van der Waals surface area contributed by atoms with Gasteiger partial charge in [0, 0.05) is 24.5 Å². The molecule has 3 N–H and O–H groups in total. The lowest BCUT2D eigenvalue weighted by Crippen LogP contribution is -2.42. The second kappa shape index (κ2) is 7.84. The average molecular weight is 304 g/mol. The maximum absolute atomic E-state index is 11.8. The van der Waals surface area contributed by atoms with Crippen LogP contribution in [0.25, 0.3) is 0 Å². The van der Waals surface area contributed by atoms with E-state index in [1.807, 2.05) is 13.8 Å². The highest BCUT2D eigenvalue weighted by atomic mass is 35.5. The van der Waals surface area contributed by atoms with Crippen LogP contribution >= 0.6 is 12.4 Å². The van der Waals surface area contributed by atoms with E-state index < -0.39 is 0 Å². The largest absolute Gasteiger partial charge is 0.352 e. The first-order chi connectivity index (χ1) is 9.02. The summed E-state index contributed by atoms with van der Waals surface area (Å²) in [5, 5.41) is 9.05. The maximum atomic E-state index is 11.8. The van der Waals surface area contributed by atoms with E-state index in [0.29, 0.717) is 24.4 Å². The summed E-state index contributed by atoms with van der Waals surface area (Å²) in [6.45, 7) is 3.91. The number of rotatable bonds is 5. The number of nitrogens with one attached hydrogen (secondary N) is 3. The van der Waals surface area contributed by atoms with Crippen molar-refractivity contribution in [2.24, 2.45) is 5.92 Å². The maximum Gasteiger partial charge on any atom is 0.239 e. The summed E-state index contributed by atoms with van der Waals surface area (Å²) in [6.07, 6.45) is 5.26. The number of carbonyl (C=O) groups is 2. The van der Waals surface area contributed by atoms with Gasteiger partial charge in [0.05, 0.1) is 6.54 Å². The van der Waals surface area contributed by atoms with E-state index in [9.17, 15) is 9.59 Å². The topological polar surface area (TPSA) is 70.2 Å². The summed E-state index contributed by atoms with van der Waals surface area (Å²) in [6, 6.07) is 1.34. The fraction of sp³-hybridized carbons (Fsp3) is 0.857. The van der Waals surface area contributed by atoms with Crippen molar-refractivity contribution in [1.82, 2.24) is 16.0 Å². The smallest absolute Gasteiger partial charge is 0.239 e. The van der Waals surface area contributed by atoms with Crippen LogP contribution in [-0.4, -0.2) is 36.5 Å². The van der Waals surface area contributed by atoms with Gasteiger partial charge in [-0.05, 0) is 45.4 Å². The molecule has 116 valence electrons. The van der Waals surface area contributed by atoms with Gasteiger partial charge in [-0.25, -0.2) is 0 Å². The number of hydrogen-bond donors (Lipinski definition) is 3. The minimum atomic E-state index is -0.117. The van der Waals surface area contributed by atoms with Crippen LogP contribution in [0.1, 0.15) is 46.0 Å². The zero-order chi connectivity index (χ0) is 13.8. The summed E-state index contributed by atoms with van der Waals surface area (Å²) in [4.78, 5) is 23.3. The molecule has 0 aliphatic carbocycles. The molecule has 5 nitrogen and oxygen atoms in total. The summed E-state index contributed by atoms with van der Waals surface area (Å²) in [7, 11) is 0. The van der Waals surface area contributed by atoms with Crippen molar-refractivity contribution in [3.8, 4) is 0 Å². The Morgan fingerprint density at radius 1 is 1.15 bits per heavy atom. The van der Waals surface area contributed by atoms with Crippen molar-refractivity contribution in [3.05, 3.63) is 0 Å². The van der Waals surface area contributed by atoms with Gasteiger partial charge >= 0.3 is 0 Å². The molecule has 2 aliphatic rings. The normalized spacial score (nSPS) is 27.9. The van der Waals surface area contributed by atoms with Gasteiger partial charge in [-0.2, -0.15) is 0 Å². The number of piperidine rings is 1. The highest BCUT2D eigenvalue weighted by molar-refractivity contribution is 5.85. The standard InChI is InChI=1S/C14H25N3O2.ClH/c1-9(2)16-14(19)8-15-13(18)7-10-5-11-3-4-12(6-10)17-11;/h9-12,17H,3-8H2,1-2H3,(H,15,18)(H,16,19);1H. The molecule has 2 rings (SSSR count). The van der Waals surface area contributed by atoms with Gasteiger partial charge in [-0.15, -0.1) is 12.4 Å². The Labute approximate surface area is 127 Å². The number of amides is 2. The van der Waals surface area contributed by atoms with Crippen LogP contribution in [0.3, 0.4) is 0 Å². The molecule has 0 radical (unpaired) electrons. The van der Waals surface area contributed by atoms with Crippen molar-refractivity contribution >= 4 is 24.2 Å². The lowest BCUT2D eigenvalue weighted by molar-refractivity contribution is -0.127. The van der Waals surface area contributed by atoms with Crippen LogP contribution in [-0.2, 0) is 9.59 Å². The molecular weight excluding hydrogens is 278 g/mol. The lowest BCUT2D eigenvalue weighted by atomic mass is 9.89. The minimum absolute atomic E-state index is 0. The summed E-state index contributed by atoms with van der Waals surface area (Å²) in [5.74, 6) is 0.367. The Morgan fingerprint density at radius 3 is 2.30 bits per heavy atom. The van der Waals surface area contributed by atoms with Gasteiger partial charge in [0.25, 0.3) is 0 Å². The summed E-state index contributed by atoms with van der Waals surface area (Å²) >= 11 is 0. The van der Waals surface area contributed by atoms with Crippen LogP contribution < -0.4 is 16.0 Å². The predicted molar refractivity (Wildman–Crippen MR) is 80.8 cm³/mol. The van der Waals surface area contributed by atoms with Gasteiger partial charge in [-0.3, -0.25) is 9.59 Å². The van der Waals surface area contributed by atoms with E-state index in [-0.39, 0.29) is 36.8 Å². The van der Waals surface area contributed by atoms with Crippen molar-refractivity contribution < 1.29 is 9.59 Å². The fourth-order valence-corrected chi connectivity index (χ4v) is 3.23. The highest BCUT2D eigenvalue weighted by Gasteiger charge is 2.34. The fourth-order valence-electron chi connectivity index (χ4n) is 3.23. The quantitative estimate of drug-likeness (QED) is 0.709. The third kappa shape index (κ3) is 5.29. The van der Waals surface area contributed by atoms with Crippen molar-refractivity contribution in [3.63, 3.8) is 0 Å². The van der Waals surface area contributed by atoms with E-state index >= 15 is 0 Å². The molecule has 0 aromatic heterocycles. The van der Waals surface area contributed by atoms with Crippen LogP contribution in [0.2, 0.25) is 0 Å². The number of fused-ring (bicyclic) bond motifs is 2. The van der Waals surface area contributed by atoms with E-state index in [2.05, 4.69) is 16.0 Å². The molecule has 0 spiro atoms. The first-order valence-corrected chi connectivity index (χ1v) is 7.35. The molecule has 0 aromatic carbocycles. The monoisotopic (exact) mass is 303 g/mol. The zero-order valence-electron chi connectivity index (χ0n) is 12.3. The van der Waals surface area contributed by atoms with Gasteiger partial charge < -0.3 is 16.0 Å². The first-order valence-electron chi connectivity index (χ1n) is 7.35. The molecule has 0 aromatic rings. The number of hydrogen-bond acceptors (Lipinski definition) is 3. The van der Waals surface area contributed by atoms with E-state index in [0.717, 1.165) is 12.8 Å². The number of halogens is 1. The van der Waals surface area contributed by atoms with Crippen LogP contribution in [0.15, 0.2) is 0 Å². The molecule has 0 saturated carbocycles. The van der Waals surface area contributed by atoms with Crippen molar-refractivity contribution in [2.45, 2.75) is 64.1 Å². The van der Waals surface area contributed by atoms with Gasteiger partial charge in [0.1, 0.15) is 0 Å². The highest BCUT2D eigenvalue weighted by Crippen LogP contribution is 2.32. The van der Waals surface area contributed by atoms with Gasteiger partial charge in [-0.1, -0.05) is 0 Å². The van der Waals surface area contributed by atoms with Crippen LogP contribution in [0.4, 0.5) is 0 Å².